The number of unbranched alkanes of at least 4 members (excludes halogenated alkanes) is 1. The van der Waals surface area contributed by atoms with Crippen LogP contribution in [-0.2, 0) is 35.4 Å². The van der Waals surface area contributed by atoms with Gasteiger partial charge in [0.25, 0.3) is 0 Å². The molecule has 0 bridgehead atoms. The summed E-state index contributed by atoms with van der Waals surface area (Å²) < 4.78 is 32.8. The molecule has 12 heteroatoms. The van der Waals surface area contributed by atoms with Crippen LogP contribution in [0.2, 0.25) is 0 Å². The molecule has 1 aliphatic rings. The molecular formula is C29H43N3O8S. The summed E-state index contributed by atoms with van der Waals surface area (Å²) in [6.45, 7) is 10.6. The summed E-state index contributed by atoms with van der Waals surface area (Å²) in [5.74, 6) is -2.37. The van der Waals surface area contributed by atoms with Crippen molar-refractivity contribution in [2.75, 3.05) is 5.75 Å². The zero-order chi connectivity index (χ0) is 31.3. The predicted octanol–water partition coefficient (Wildman–Crippen LogP) is 2.90. The number of carboxylic acids is 1. The van der Waals surface area contributed by atoms with Gasteiger partial charge in [-0.25, -0.2) is 13.2 Å². The summed E-state index contributed by atoms with van der Waals surface area (Å²) in [6, 6.07) is -2.18. The average Bonchev–Trinajstić information content (AvgIpc) is 3.18. The molecule has 41 heavy (non-hydrogen) atoms. The Labute approximate surface area is 242 Å². The largest absolute Gasteiger partial charge is 0.487 e. The Morgan fingerprint density at radius 2 is 1.68 bits per heavy atom. The first-order valence-corrected chi connectivity index (χ1v) is 15.4. The highest BCUT2D eigenvalue weighted by molar-refractivity contribution is 7.92. The van der Waals surface area contributed by atoms with E-state index in [0.717, 1.165) is 16.9 Å². The lowest BCUT2D eigenvalue weighted by Crippen LogP contribution is -2.42. The number of nitrogens with two attached hydrogens (primary N) is 1. The van der Waals surface area contributed by atoms with Crippen LogP contribution < -0.4 is 15.8 Å². The van der Waals surface area contributed by atoms with Gasteiger partial charge < -0.3 is 26.3 Å². The zero-order valence-corrected chi connectivity index (χ0v) is 25.6. The Balaban J connectivity index is 1.84. The Hall–Kier alpha value is -3.12. The van der Waals surface area contributed by atoms with Crippen LogP contribution >= 0.6 is 0 Å². The van der Waals surface area contributed by atoms with E-state index in [4.69, 9.17) is 21.0 Å². The van der Waals surface area contributed by atoms with Crippen molar-refractivity contribution in [1.82, 2.24) is 5.32 Å². The number of ether oxygens (including phenoxy) is 1. The first kappa shape index (κ1) is 34.1. The van der Waals surface area contributed by atoms with E-state index in [9.17, 15) is 27.6 Å². The first-order chi connectivity index (χ1) is 18.9. The van der Waals surface area contributed by atoms with E-state index in [2.05, 4.69) is 5.32 Å². The van der Waals surface area contributed by atoms with Gasteiger partial charge >= 0.3 is 5.97 Å². The first-order valence-electron chi connectivity index (χ1n) is 13.8. The van der Waals surface area contributed by atoms with Gasteiger partial charge in [0.05, 0.1) is 16.7 Å². The number of fused-ring (bicyclic) bond motifs is 1. The molecule has 11 nitrogen and oxygen atoms in total. The maximum Gasteiger partial charge on any atom is 0.326 e. The molecule has 2 rings (SSSR count). The van der Waals surface area contributed by atoms with Crippen molar-refractivity contribution in [2.45, 2.75) is 115 Å². The molecule has 1 aromatic carbocycles. The van der Waals surface area contributed by atoms with Gasteiger partial charge in [0.1, 0.15) is 29.0 Å². The van der Waals surface area contributed by atoms with E-state index in [-0.39, 0.29) is 47.9 Å². The maximum absolute atomic E-state index is 13.4. The molecule has 1 amide bonds. The molecule has 1 aliphatic heterocycles. The lowest BCUT2D eigenvalue weighted by Gasteiger charge is -2.19. The number of hydrogen-bond acceptors (Lipinski definition) is 9. The van der Waals surface area contributed by atoms with Gasteiger partial charge in [-0.05, 0) is 77.5 Å². The Morgan fingerprint density at radius 1 is 1.05 bits per heavy atom. The number of aliphatic carboxylic acids is 1. The highest BCUT2D eigenvalue weighted by Gasteiger charge is 2.36. The summed E-state index contributed by atoms with van der Waals surface area (Å²) in [5.41, 5.74) is 8.63. The highest BCUT2D eigenvalue weighted by atomic mass is 32.2. The second-order valence-corrected chi connectivity index (χ2v) is 13.5. The fourth-order valence-corrected chi connectivity index (χ4v) is 7.08. The van der Waals surface area contributed by atoms with E-state index < -0.39 is 45.2 Å². The predicted molar refractivity (Wildman–Crippen MR) is 154 cm³/mol. The van der Waals surface area contributed by atoms with Crippen molar-refractivity contribution in [1.29, 1.82) is 5.41 Å². The van der Waals surface area contributed by atoms with Crippen molar-refractivity contribution < 1.29 is 37.4 Å². The van der Waals surface area contributed by atoms with Gasteiger partial charge in [-0.15, -0.1) is 0 Å². The van der Waals surface area contributed by atoms with E-state index in [0.29, 0.717) is 36.8 Å². The summed E-state index contributed by atoms with van der Waals surface area (Å²) in [6.07, 6.45) is 1.37. The summed E-state index contributed by atoms with van der Waals surface area (Å²) in [4.78, 5) is 46.9. The van der Waals surface area contributed by atoms with Crippen LogP contribution in [0.25, 0.3) is 0 Å². The van der Waals surface area contributed by atoms with Crippen LogP contribution in [0.4, 0.5) is 0 Å². The number of hydrogen-bond donors (Lipinski definition) is 4. The molecular weight excluding hydrogens is 550 g/mol. The molecule has 1 aromatic rings. The number of amides is 1. The Bertz CT molecular complexity index is 1330. The molecule has 0 spiro atoms. The molecule has 0 saturated carbocycles. The van der Waals surface area contributed by atoms with E-state index in [1.54, 1.807) is 13.8 Å². The van der Waals surface area contributed by atoms with Crippen LogP contribution in [0.1, 0.15) is 88.0 Å². The monoisotopic (exact) mass is 593 g/mol. The third-order valence-electron chi connectivity index (χ3n) is 7.35. The van der Waals surface area contributed by atoms with Crippen molar-refractivity contribution in [2.24, 2.45) is 5.73 Å². The van der Waals surface area contributed by atoms with E-state index in [1.165, 1.54) is 6.92 Å². The quantitative estimate of drug-likeness (QED) is 0.165. The molecule has 0 unspecified atom stereocenters. The molecule has 0 fully saturated rings. The number of sulfone groups is 1. The highest BCUT2D eigenvalue weighted by Crippen LogP contribution is 2.44. The number of carboxylic acid groups (broad SMARTS) is 1. The average molecular weight is 594 g/mol. The number of Topliss-reactive ketones (excluding diaryl/α,β-unsaturated/α-hetero) is 2. The minimum atomic E-state index is -3.76. The number of benzene rings is 1. The maximum atomic E-state index is 13.4. The molecule has 0 radical (unpaired) electrons. The van der Waals surface area contributed by atoms with Gasteiger partial charge in [-0.3, -0.25) is 14.4 Å². The lowest BCUT2D eigenvalue weighted by atomic mass is 9.94. The van der Waals surface area contributed by atoms with Gasteiger partial charge in [0.15, 0.2) is 9.84 Å². The lowest BCUT2D eigenvalue weighted by molar-refractivity contribution is -0.143. The number of nitrogens with one attached hydrogen (secondary N) is 2. The van der Waals surface area contributed by atoms with Crippen LogP contribution in [0.5, 0.6) is 5.75 Å². The molecule has 2 atom stereocenters. The smallest absolute Gasteiger partial charge is 0.326 e. The third kappa shape index (κ3) is 9.19. The van der Waals surface area contributed by atoms with Gasteiger partial charge in [0.2, 0.25) is 5.91 Å². The molecule has 0 saturated heterocycles. The topological polar surface area (TPSA) is 194 Å². The van der Waals surface area contributed by atoms with Crippen molar-refractivity contribution >= 4 is 39.0 Å². The summed E-state index contributed by atoms with van der Waals surface area (Å²) in [7, 11) is -3.76. The Kier molecular flexibility index (Phi) is 11.4. The van der Waals surface area contributed by atoms with E-state index in [1.807, 2.05) is 20.8 Å². The fraction of sp³-hybridized carbons (Fsp3) is 0.621. The number of ketones is 2. The minimum absolute atomic E-state index is 0.0775. The Morgan fingerprint density at radius 3 is 2.27 bits per heavy atom. The summed E-state index contributed by atoms with van der Waals surface area (Å²) in [5, 5.41) is 19.6. The third-order valence-corrected chi connectivity index (χ3v) is 9.31. The van der Waals surface area contributed by atoms with Gasteiger partial charge in [-0.2, -0.15) is 0 Å². The van der Waals surface area contributed by atoms with Crippen LogP contribution in [0, 0.1) is 26.2 Å². The van der Waals surface area contributed by atoms with Crippen molar-refractivity contribution in [3.8, 4) is 5.75 Å². The molecule has 0 aliphatic carbocycles. The van der Waals surface area contributed by atoms with Gasteiger partial charge in [-0.1, -0.05) is 6.42 Å². The normalized spacial score (nSPS) is 15.4. The number of carbonyl (C=O) groups excluding carboxylic acids is 3. The zero-order valence-electron chi connectivity index (χ0n) is 24.8. The second-order valence-electron chi connectivity index (χ2n) is 11.6. The molecule has 1 heterocycles. The number of rotatable bonds is 16. The van der Waals surface area contributed by atoms with Crippen LogP contribution in [-0.4, -0.2) is 66.1 Å². The van der Waals surface area contributed by atoms with Crippen molar-refractivity contribution in [3.63, 3.8) is 0 Å². The van der Waals surface area contributed by atoms with Crippen molar-refractivity contribution in [3.05, 3.63) is 22.3 Å². The standard InChI is InChI=1S/C29H43N3O8S/c1-16(33)13-23(28(36)37)32-25(35)12-11-24(34)22(31)10-8-7-9-20(30)15-41(38,39)27-18(3)17(2)26-21(19(27)4)14-29(5,6)40-26/h22-23,30H,7-15,31H2,1-6H3,(H,32,35)(H,36,37)/t22-,23-/m0/s1. The fourth-order valence-electron chi connectivity index (χ4n) is 5.12. The number of carbonyl (C=O) groups is 4. The SMILES string of the molecule is CC(=O)C[C@H](NC(=O)CCC(=O)[C@@H](N)CCCCC(=N)CS(=O)(=O)c1c(C)c(C)c2c(c1C)CC(C)(C)O2)C(=O)O. The molecule has 5 N–H and O–H groups in total. The minimum Gasteiger partial charge on any atom is -0.487 e. The van der Waals surface area contributed by atoms with Gasteiger partial charge in [0, 0.05) is 37.0 Å². The molecule has 0 aromatic heterocycles. The summed E-state index contributed by atoms with van der Waals surface area (Å²) >= 11 is 0. The van der Waals surface area contributed by atoms with Crippen LogP contribution in [0.15, 0.2) is 4.90 Å². The second kappa shape index (κ2) is 13.7. The van der Waals surface area contributed by atoms with E-state index >= 15 is 0 Å². The van der Waals surface area contributed by atoms with Crippen LogP contribution in [0.3, 0.4) is 0 Å². The molecule has 228 valence electrons.